The Kier molecular flexibility index (Phi) is 6.00. The van der Waals surface area contributed by atoms with Gasteiger partial charge in [0, 0.05) is 33.2 Å². The van der Waals surface area contributed by atoms with E-state index in [4.69, 9.17) is 10.00 Å². The number of likely N-dealkylation sites (N-methyl/N-ethyl adjacent to an activating group) is 1. The minimum atomic E-state index is -0.434. The highest BCUT2D eigenvalue weighted by Gasteiger charge is 2.28. The molecule has 1 aliphatic rings. The van der Waals surface area contributed by atoms with Crippen LogP contribution in [0.3, 0.4) is 0 Å². The molecule has 3 rings (SSSR count). The van der Waals surface area contributed by atoms with Crippen LogP contribution in [-0.4, -0.2) is 48.6 Å². The summed E-state index contributed by atoms with van der Waals surface area (Å²) in [4.78, 5) is 16.7. The highest BCUT2D eigenvalue weighted by molar-refractivity contribution is 5.81. The van der Waals surface area contributed by atoms with Crippen molar-refractivity contribution in [3.05, 3.63) is 71.3 Å². The number of morpholine rings is 1. The van der Waals surface area contributed by atoms with Gasteiger partial charge in [-0.25, -0.2) is 0 Å². The fourth-order valence-electron chi connectivity index (χ4n) is 3.12. The Hall–Kier alpha value is -2.68. The van der Waals surface area contributed by atoms with Crippen LogP contribution < -0.4 is 0 Å². The van der Waals surface area contributed by atoms with E-state index in [0.717, 1.165) is 18.7 Å². The molecule has 1 amide bonds. The van der Waals surface area contributed by atoms with Crippen molar-refractivity contribution < 1.29 is 9.53 Å². The largest absolute Gasteiger partial charge is 0.366 e. The fraction of sp³-hybridized carbons (Fsp3) is 0.333. The molecule has 134 valence electrons. The van der Waals surface area contributed by atoms with Gasteiger partial charge in [0.1, 0.15) is 6.10 Å². The lowest BCUT2D eigenvalue weighted by molar-refractivity contribution is -0.148. The molecule has 2 aromatic rings. The van der Waals surface area contributed by atoms with E-state index in [9.17, 15) is 4.79 Å². The van der Waals surface area contributed by atoms with Gasteiger partial charge < -0.3 is 9.64 Å². The average Bonchev–Trinajstić information content (AvgIpc) is 2.69. The van der Waals surface area contributed by atoms with Crippen molar-refractivity contribution in [1.82, 2.24) is 9.80 Å². The predicted molar refractivity (Wildman–Crippen MR) is 99.1 cm³/mol. The second-order valence-corrected chi connectivity index (χ2v) is 6.58. The highest BCUT2D eigenvalue weighted by atomic mass is 16.5. The number of hydrogen-bond acceptors (Lipinski definition) is 4. The maximum Gasteiger partial charge on any atom is 0.253 e. The number of hydrogen-bond donors (Lipinski definition) is 0. The molecule has 0 saturated carbocycles. The maximum atomic E-state index is 12.7. The molecule has 0 aromatic heterocycles. The molecule has 0 spiro atoms. The van der Waals surface area contributed by atoms with E-state index in [0.29, 0.717) is 25.3 Å². The van der Waals surface area contributed by atoms with Gasteiger partial charge in [0.25, 0.3) is 5.91 Å². The van der Waals surface area contributed by atoms with Gasteiger partial charge in [0.15, 0.2) is 0 Å². The second-order valence-electron chi connectivity index (χ2n) is 6.58. The summed E-state index contributed by atoms with van der Waals surface area (Å²) < 4.78 is 5.73. The summed E-state index contributed by atoms with van der Waals surface area (Å²) in [7, 11) is 1.79. The van der Waals surface area contributed by atoms with Crippen molar-refractivity contribution >= 4 is 5.91 Å². The minimum absolute atomic E-state index is 0.00729. The first-order valence-corrected chi connectivity index (χ1v) is 8.77. The summed E-state index contributed by atoms with van der Waals surface area (Å²) in [6, 6.07) is 19.7. The lowest BCUT2D eigenvalue weighted by atomic mass is 10.1. The monoisotopic (exact) mass is 349 g/mol. The Bertz CT molecular complexity index is 768. The Balaban J connectivity index is 1.56. The van der Waals surface area contributed by atoms with Crippen LogP contribution in [0, 0.1) is 11.3 Å². The van der Waals surface area contributed by atoms with Gasteiger partial charge in [-0.3, -0.25) is 9.69 Å². The normalized spacial score (nSPS) is 17.5. The van der Waals surface area contributed by atoms with Crippen molar-refractivity contribution in [2.24, 2.45) is 0 Å². The van der Waals surface area contributed by atoms with E-state index < -0.39 is 6.10 Å². The first kappa shape index (κ1) is 18.1. The summed E-state index contributed by atoms with van der Waals surface area (Å²) in [5.74, 6) is -0.00729. The number of carbonyl (C=O) groups is 1. The molecule has 1 fully saturated rings. The molecule has 1 saturated heterocycles. The Morgan fingerprint density at radius 1 is 1.19 bits per heavy atom. The summed E-state index contributed by atoms with van der Waals surface area (Å²) in [5, 5.41) is 8.86. The molecule has 5 nitrogen and oxygen atoms in total. The molecular formula is C21H23N3O2. The molecule has 1 aliphatic heterocycles. The van der Waals surface area contributed by atoms with Crippen LogP contribution in [0.1, 0.15) is 16.7 Å². The predicted octanol–water partition coefficient (Wildman–Crippen LogP) is 2.42. The van der Waals surface area contributed by atoms with Crippen molar-refractivity contribution in [1.29, 1.82) is 5.26 Å². The number of benzene rings is 2. The number of carbonyl (C=O) groups excluding carboxylic acids is 1. The number of nitriles is 1. The van der Waals surface area contributed by atoms with Crippen LogP contribution >= 0.6 is 0 Å². The Labute approximate surface area is 154 Å². The third kappa shape index (κ3) is 4.69. The van der Waals surface area contributed by atoms with Crippen LogP contribution in [0.4, 0.5) is 0 Å². The molecule has 1 unspecified atom stereocenters. The van der Waals surface area contributed by atoms with Crippen LogP contribution in [0.2, 0.25) is 0 Å². The summed E-state index contributed by atoms with van der Waals surface area (Å²) in [5.41, 5.74) is 2.86. The zero-order valence-electron chi connectivity index (χ0n) is 15.0. The van der Waals surface area contributed by atoms with Crippen molar-refractivity contribution in [2.45, 2.75) is 19.2 Å². The molecule has 0 radical (unpaired) electrons. The molecule has 0 N–H and O–H groups in total. The van der Waals surface area contributed by atoms with Gasteiger partial charge in [0.2, 0.25) is 0 Å². The quantitative estimate of drug-likeness (QED) is 0.832. The van der Waals surface area contributed by atoms with Crippen LogP contribution in [0.5, 0.6) is 0 Å². The van der Waals surface area contributed by atoms with Gasteiger partial charge in [0.05, 0.1) is 18.2 Å². The summed E-state index contributed by atoms with van der Waals surface area (Å²) in [6.07, 6.45) is -0.434. The second kappa shape index (κ2) is 8.61. The minimum Gasteiger partial charge on any atom is -0.366 e. The molecule has 1 atom stereocenters. The molecule has 2 aromatic carbocycles. The van der Waals surface area contributed by atoms with Crippen LogP contribution in [0.15, 0.2) is 54.6 Å². The third-order valence-corrected chi connectivity index (χ3v) is 4.55. The number of ether oxygens (including phenoxy) is 1. The van der Waals surface area contributed by atoms with E-state index in [-0.39, 0.29) is 5.91 Å². The van der Waals surface area contributed by atoms with Crippen molar-refractivity contribution in [2.75, 3.05) is 26.7 Å². The standard InChI is InChI=1S/C21H23N3O2/c1-23(14-19-9-7-17(13-22)8-10-19)21(25)20-16-24(11-12-26-20)15-18-5-3-2-4-6-18/h2-10,20H,11-12,14-16H2,1H3. The average molecular weight is 349 g/mol. The molecule has 26 heavy (non-hydrogen) atoms. The fourth-order valence-corrected chi connectivity index (χ4v) is 3.12. The van der Waals surface area contributed by atoms with Gasteiger partial charge in [-0.05, 0) is 23.3 Å². The van der Waals surface area contributed by atoms with Crippen LogP contribution in [-0.2, 0) is 22.6 Å². The number of rotatable bonds is 5. The molecule has 1 heterocycles. The smallest absolute Gasteiger partial charge is 0.253 e. The Morgan fingerprint density at radius 3 is 2.62 bits per heavy atom. The van der Waals surface area contributed by atoms with Gasteiger partial charge >= 0.3 is 0 Å². The zero-order valence-corrected chi connectivity index (χ0v) is 15.0. The van der Waals surface area contributed by atoms with E-state index in [1.54, 1.807) is 24.1 Å². The van der Waals surface area contributed by atoms with Gasteiger partial charge in [-0.15, -0.1) is 0 Å². The summed E-state index contributed by atoms with van der Waals surface area (Å²) in [6.45, 7) is 3.33. The molecule has 5 heteroatoms. The summed E-state index contributed by atoms with van der Waals surface area (Å²) >= 11 is 0. The van der Waals surface area contributed by atoms with Gasteiger partial charge in [-0.2, -0.15) is 5.26 Å². The van der Waals surface area contributed by atoms with E-state index in [1.807, 2.05) is 30.3 Å². The number of amides is 1. The molecule has 0 bridgehead atoms. The van der Waals surface area contributed by atoms with Crippen molar-refractivity contribution in [3.63, 3.8) is 0 Å². The number of nitrogens with zero attached hydrogens (tertiary/aromatic N) is 3. The SMILES string of the molecule is CN(Cc1ccc(C#N)cc1)C(=O)C1CN(Cc2ccccc2)CCO1. The first-order chi connectivity index (χ1) is 12.7. The Morgan fingerprint density at radius 2 is 1.92 bits per heavy atom. The van der Waals surface area contributed by atoms with Crippen LogP contribution in [0.25, 0.3) is 0 Å². The topological polar surface area (TPSA) is 56.6 Å². The van der Waals surface area contributed by atoms with E-state index in [1.165, 1.54) is 5.56 Å². The third-order valence-electron chi connectivity index (χ3n) is 4.55. The van der Waals surface area contributed by atoms with Gasteiger partial charge in [-0.1, -0.05) is 42.5 Å². The highest BCUT2D eigenvalue weighted by Crippen LogP contribution is 2.14. The lowest BCUT2D eigenvalue weighted by Gasteiger charge is -2.34. The van der Waals surface area contributed by atoms with E-state index in [2.05, 4.69) is 23.1 Å². The van der Waals surface area contributed by atoms with E-state index >= 15 is 0 Å². The lowest BCUT2D eigenvalue weighted by Crippen LogP contribution is -2.49. The van der Waals surface area contributed by atoms with Crippen molar-refractivity contribution in [3.8, 4) is 6.07 Å². The zero-order chi connectivity index (χ0) is 18.4. The molecular weight excluding hydrogens is 326 g/mol. The first-order valence-electron chi connectivity index (χ1n) is 8.77. The maximum absolute atomic E-state index is 12.7. The molecule has 0 aliphatic carbocycles.